The number of aromatic nitrogens is 1. The van der Waals surface area contributed by atoms with Gasteiger partial charge in [0.2, 0.25) is 0 Å². The van der Waals surface area contributed by atoms with Crippen LogP contribution in [0, 0.1) is 5.41 Å². The maximum absolute atomic E-state index is 11.0. The van der Waals surface area contributed by atoms with Crippen molar-refractivity contribution in [1.29, 1.82) is 5.41 Å². The van der Waals surface area contributed by atoms with Gasteiger partial charge in [-0.1, -0.05) is 0 Å². The number of hydrogen-bond donors (Lipinski definition) is 2. The van der Waals surface area contributed by atoms with Gasteiger partial charge in [0, 0.05) is 5.38 Å². The van der Waals surface area contributed by atoms with E-state index in [9.17, 15) is 4.79 Å². The second kappa shape index (κ2) is 4.71. The summed E-state index contributed by atoms with van der Waals surface area (Å²) < 4.78 is 4.76. The number of nitrogens with zero attached hydrogens (tertiary/aromatic N) is 1. The zero-order valence-corrected chi connectivity index (χ0v) is 8.56. The van der Waals surface area contributed by atoms with Crippen molar-refractivity contribution < 1.29 is 9.53 Å². The number of hydrogen-bond acceptors (Lipinski definition) is 5. The lowest BCUT2D eigenvalue weighted by atomic mass is 10.3. The number of nitrogens with two attached hydrogens (primary N) is 1. The number of amidine groups is 1. The summed E-state index contributed by atoms with van der Waals surface area (Å²) in [5.74, 6) is -0.391. The Hall–Kier alpha value is -1.43. The summed E-state index contributed by atoms with van der Waals surface area (Å²) in [5, 5.41) is 9.26. The topological polar surface area (TPSA) is 89.1 Å². The first kappa shape index (κ1) is 10.6. The summed E-state index contributed by atoms with van der Waals surface area (Å²) in [7, 11) is 0. The highest BCUT2D eigenvalue weighted by atomic mass is 32.1. The van der Waals surface area contributed by atoms with Crippen LogP contribution in [0.4, 0.5) is 0 Å². The molecule has 0 unspecified atom stereocenters. The van der Waals surface area contributed by atoms with Crippen molar-refractivity contribution in [2.75, 3.05) is 6.61 Å². The van der Waals surface area contributed by atoms with Crippen LogP contribution in [0.2, 0.25) is 0 Å². The molecule has 0 fully saturated rings. The maximum Gasteiger partial charge on any atom is 0.311 e. The van der Waals surface area contributed by atoms with Crippen LogP contribution in [0.1, 0.15) is 17.6 Å². The van der Waals surface area contributed by atoms with Crippen LogP contribution < -0.4 is 5.73 Å². The van der Waals surface area contributed by atoms with Crippen LogP contribution in [0.25, 0.3) is 0 Å². The second-order valence-electron chi connectivity index (χ2n) is 2.54. The largest absolute Gasteiger partial charge is 0.466 e. The van der Waals surface area contributed by atoms with Crippen molar-refractivity contribution in [3.63, 3.8) is 0 Å². The predicted octanol–water partition coefficient (Wildman–Crippen LogP) is 0.533. The molecule has 0 aliphatic rings. The Morgan fingerprint density at radius 3 is 3.00 bits per heavy atom. The molecule has 1 rings (SSSR count). The van der Waals surface area contributed by atoms with Gasteiger partial charge in [-0.15, -0.1) is 11.3 Å². The first-order valence-electron chi connectivity index (χ1n) is 4.08. The Balaban J connectivity index is 2.59. The Kier molecular flexibility index (Phi) is 3.58. The smallest absolute Gasteiger partial charge is 0.311 e. The quantitative estimate of drug-likeness (QED) is 0.434. The predicted molar refractivity (Wildman–Crippen MR) is 53.5 cm³/mol. The Morgan fingerprint density at radius 1 is 1.79 bits per heavy atom. The number of thiazole rings is 1. The Bertz CT molecular complexity index is 348. The summed E-state index contributed by atoms with van der Waals surface area (Å²) in [6, 6.07) is 0. The van der Waals surface area contributed by atoms with E-state index < -0.39 is 0 Å². The molecule has 0 radical (unpaired) electrons. The van der Waals surface area contributed by atoms with E-state index in [1.807, 2.05) is 0 Å². The van der Waals surface area contributed by atoms with E-state index in [4.69, 9.17) is 15.9 Å². The third-order valence-electron chi connectivity index (χ3n) is 1.41. The highest BCUT2D eigenvalue weighted by Gasteiger charge is 2.09. The SMILES string of the molecule is CCOC(=O)Cc1csc(C(=N)N)n1. The molecule has 0 saturated carbocycles. The van der Waals surface area contributed by atoms with Crippen molar-refractivity contribution in [2.45, 2.75) is 13.3 Å². The number of ether oxygens (including phenoxy) is 1. The van der Waals surface area contributed by atoms with E-state index >= 15 is 0 Å². The molecule has 3 N–H and O–H groups in total. The first-order valence-corrected chi connectivity index (χ1v) is 4.96. The summed E-state index contributed by atoms with van der Waals surface area (Å²) in [5.41, 5.74) is 5.83. The molecule has 6 heteroatoms. The van der Waals surface area contributed by atoms with E-state index in [0.29, 0.717) is 17.3 Å². The number of nitrogen functional groups attached to an aromatic ring is 1. The fraction of sp³-hybridized carbons (Fsp3) is 0.375. The molecule has 1 heterocycles. The fourth-order valence-electron chi connectivity index (χ4n) is 0.872. The third-order valence-corrected chi connectivity index (χ3v) is 2.34. The van der Waals surface area contributed by atoms with Gasteiger partial charge >= 0.3 is 5.97 Å². The normalized spacial score (nSPS) is 9.79. The number of carbonyl (C=O) groups is 1. The molecule has 0 spiro atoms. The van der Waals surface area contributed by atoms with Gasteiger partial charge < -0.3 is 10.5 Å². The number of carbonyl (C=O) groups excluding carboxylic acids is 1. The van der Waals surface area contributed by atoms with Crippen molar-refractivity contribution in [2.24, 2.45) is 5.73 Å². The molecule has 0 atom stereocenters. The Labute approximate surface area is 85.4 Å². The molecule has 0 amide bonds. The summed E-state index contributed by atoms with van der Waals surface area (Å²) in [4.78, 5) is 15.0. The minimum atomic E-state index is -0.312. The third kappa shape index (κ3) is 2.81. The molecule has 0 aliphatic heterocycles. The van der Waals surface area contributed by atoms with Crippen molar-refractivity contribution in [3.8, 4) is 0 Å². The summed E-state index contributed by atoms with van der Waals surface area (Å²) in [6.07, 6.45) is 0.137. The molecule has 14 heavy (non-hydrogen) atoms. The maximum atomic E-state index is 11.0. The monoisotopic (exact) mass is 213 g/mol. The summed E-state index contributed by atoms with van der Waals surface area (Å²) in [6.45, 7) is 2.11. The van der Waals surface area contributed by atoms with Crippen LogP contribution >= 0.6 is 11.3 Å². The van der Waals surface area contributed by atoms with Gasteiger partial charge in [-0.25, -0.2) is 4.98 Å². The average Bonchev–Trinajstić information content (AvgIpc) is 2.53. The van der Waals surface area contributed by atoms with Crippen LogP contribution in [0.15, 0.2) is 5.38 Å². The number of nitrogens with one attached hydrogen (secondary N) is 1. The highest BCUT2D eigenvalue weighted by molar-refractivity contribution is 7.11. The minimum Gasteiger partial charge on any atom is -0.466 e. The van der Waals surface area contributed by atoms with E-state index in [-0.39, 0.29) is 18.2 Å². The van der Waals surface area contributed by atoms with Crippen LogP contribution in [-0.2, 0) is 16.0 Å². The van der Waals surface area contributed by atoms with Crippen molar-refractivity contribution >= 4 is 23.1 Å². The molecule has 76 valence electrons. The molecular weight excluding hydrogens is 202 g/mol. The van der Waals surface area contributed by atoms with E-state index in [2.05, 4.69) is 4.98 Å². The zero-order chi connectivity index (χ0) is 10.6. The van der Waals surface area contributed by atoms with Crippen LogP contribution in [-0.4, -0.2) is 23.4 Å². The average molecular weight is 213 g/mol. The lowest BCUT2D eigenvalue weighted by Gasteiger charge is -1.97. The van der Waals surface area contributed by atoms with Gasteiger partial charge in [-0.3, -0.25) is 10.2 Å². The molecule has 1 aromatic rings. The molecule has 1 aromatic heterocycles. The molecule has 0 aromatic carbocycles. The minimum absolute atomic E-state index is 0.0786. The molecular formula is C8H11N3O2S. The van der Waals surface area contributed by atoms with E-state index in [1.54, 1.807) is 12.3 Å². The van der Waals surface area contributed by atoms with Gasteiger partial charge in [0.15, 0.2) is 10.8 Å². The van der Waals surface area contributed by atoms with Crippen LogP contribution in [0.3, 0.4) is 0 Å². The first-order chi connectivity index (χ1) is 6.63. The lowest BCUT2D eigenvalue weighted by molar-refractivity contribution is -0.142. The van der Waals surface area contributed by atoms with Gasteiger partial charge in [-0.2, -0.15) is 0 Å². The Morgan fingerprint density at radius 2 is 2.50 bits per heavy atom. The number of rotatable bonds is 4. The second-order valence-corrected chi connectivity index (χ2v) is 3.40. The molecule has 5 nitrogen and oxygen atoms in total. The van der Waals surface area contributed by atoms with E-state index in [0.717, 1.165) is 0 Å². The van der Waals surface area contributed by atoms with Crippen molar-refractivity contribution in [1.82, 2.24) is 4.98 Å². The molecule has 0 aliphatic carbocycles. The van der Waals surface area contributed by atoms with Gasteiger partial charge in [0.1, 0.15) is 0 Å². The standard InChI is InChI=1S/C8H11N3O2S/c1-2-13-6(12)3-5-4-14-8(11-5)7(9)10/h4H,2-3H2,1H3,(H3,9,10). The fourth-order valence-corrected chi connectivity index (χ4v) is 1.55. The van der Waals surface area contributed by atoms with E-state index in [1.165, 1.54) is 11.3 Å². The number of esters is 1. The molecule has 0 saturated heterocycles. The molecule has 0 bridgehead atoms. The zero-order valence-electron chi connectivity index (χ0n) is 7.74. The van der Waals surface area contributed by atoms with Gasteiger partial charge in [-0.05, 0) is 6.92 Å². The van der Waals surface area contributed by atoms with Crippen LogP contribution in [0.5, 0.6) is 0 Å². The van der Waals surface area contributed by atoms with Gasteiger partial charge in [0.05, 0.1) is 18.7 Å². The lowest BCUT2D eigenvalue weighted by Crippen LogP contribution is -2.11. The van der Waals surface area contributed by atoms with Crippen molar-refractivity contribution in [3.05, 3.63) is 16.1 Å². The van der Waals surface area contributed by atoms with Gasteiger partial charge in [0.25, 0.3) is 0 Å². The highest BCUT2D eigenvalue weighted by Crippen LogP contribution is 2.09. The summed E-state index contributed by atoms with van der Waals surface area (Å²) >= 11 is 1.25.